The van der Waals surface area contributed by atoms with Crippen LogP contribution in [0.1, 0.15) is 24.8 Å². The summed E-state index contributed by atoms with van der Waals surface area (Å²) < 4.78 is 0. The highest BCUT2D eigenvalue weighted by atomic mass is 16.4. The number of hydrogen-bond donors (Lipinski definition) is 1. The minimum absolute atomic E-state index is 0.359. The van der Waals surface area contributed by atoms with Gasteiger partial charge in [0.15, 0.2) is 0 Å². The Kier molecular flexibility index (Phi) is 3.65. The quantitative estimate of drug-likeness (QED) is 0.931. The van der Waals surface area contributed by atoms with Gasteiger partial charge in [0.25, 0.3) is 0 Å². The number of nitrogens with zero attached hydrogens (tertiary/aromatic N) is 2. The zero-order chi connectivity index (χ0) is 13.9. The largest absolute Gasteiger partial charge is 0.480 e. The topological polar surface area (TPSA) is 53.4 Å². The Morgan fingerprint density at radius 3 is 3.00 bits per heavy atom. The average Bonchev–Trinajstić information content (AvgIpc) is 2.48. The maximum Gasteiger partial charge on any atom is 0.320 e. The summed E-state index contributed by atoms with van der Waals surface area (Å²) in [6, 6.07) is 9.70. The average molecular weight is 270 g/mol. The molecule has 1 atom stereocenters. The molecule has 3 rings (SSSR count). The molecule has 4 nitrogen and oxygen atoms in total. The second kappa shape index (κ2) is 5.59. The minimum atomic E-state index is -0.710. The summed E-state index contributed by atoms with van der Waals surface area (Å²) in [5.74, 6) is -0.710. The highest BCUT2D eigenvalue weighted by Gasteiger charge is 2.28. The third-order valence-corrected chi connectivity index (χ3v) is 3.99. The summed E-state index contributed by atoms with van der Waals surface area (Å²) in [7, 11) is 0. The fourth-order valence-corrected chi connectivity index (χ4v) is 2.97. The first-order chi connectivity index (χ1) is 9.75. The van der Waals surface area contributed by atoms with Crippen LogP contribution in [-0.4, -0.2) is 33.5 Å². The number of para-hydroxylation sites is 1. The van der Waals surface area contributed by atoms with Crippen LogP contribution in [-0.2, 0) is 11.3 Å². The molecule has 20 heavy (non-hydrogen) atoms. The SMILES string of the molecule is O=C(O)[C@@H]1CCCCN1Cc1cccc2cccnc12. The van der Waals surface area contributed by atoms with E-state index in [4.69, 9.17) is 0 Å². The molecule has 0 bridgehead atoms. The Balaban J connectivity index is 1.90. The van der Waals surface area contributed by atoms with Crippen molar-refractivity contribution >= 4 is 16.9 Å². The van der Waals surface area contributed by atoms with Crippen LogP contribution in [0.5, 0.6) is 0 Å². The first kappa shape index (κ1) is 13.1. The van der Waals surface area contributed by atoms with Crippen molar-refractivity contribution in [1.29, 1.82) is 0 Å². The van der Waals surface area contributed by atoms with E-state index in [1.807, 2.05) is 30.3 Å². The Bertz CT molecular complexity index is 621. The molecule has 1 aromatic carbocycles. The molecule has 0 spiro atoms. The van der Waals surface area contributed by atoms with Gasteiger partial charge in [0, 0.05) is 18.1 Å². The molecule has 1 saturated heterocycles. The number of piperidine rings is 1. The van der Waals surface area contributed by atoms with Crippen molar-refractivity contribution in [2.45, 2.75) is 31.8 Å². The number of benzene rings is 1. The summed E-state index contributed by atoms with van der Waals surface area (Å²) in [6.45, 7) is 1.51. The highest BCUT2D eigenvalue weighted by molar-refractivity contribution is 5.81. The zero-order valence-corrected chi connectivity index (χ0v) is 11.3. The van der Waals surface area contributed by atoms with Gasteiger partial charge in [-0.1, -0.05) is 30.7 Å². The number of hydrogen-bond acceptors (Lipinski definition) is 3. The van der Waals surface area contributed by atoms with Gasteiger partial charge in [0.2, 0.25) is 0 Å². The second-order valence-electron chi connectivity index (χ2n) is 5.31. The van der Waals surface area contributed by atoms with E-state index >= 15 is 0 Å². The third-order valence-electron chi connectivity index (χ3n) is 3.99. The number of carboxylic acids is 1. The monoisotopic (exact) mass is 270 g/mol. The van der Waals surface area contributed by atoms with Crippen LogP contribution >= 0.6 is 0 Å². The van der Waals surface area contributed by atoms with Gasteiger partial charge in [-0.2, -0.15) is 0 Å². The van der Waals surface area contributed by atoms with Crippen molar-refractivity contribution in [2.75, 3.05) is 6.54 Å². The van der Waals surface area contributed by atoms with E-state index in [-0.39, 0.29) is 6.04 Å². The lowest BCUT2D eigenvalue weighted by Crippen LogP contribution is -2.44. The fourth-order valence-electron chi connectivity index (χ4n) is 2.97. The van der Waals surface area contributed by atoms with Crippen LogP contribution in [0.15, 0.2) is 36.5 Å². The summed E-state index contributed by atoms with van der Waals surface area (Å²) in [5.41, 5.74) is 2.08. The van der Waals surface area contributed by atoms with Gasteiger partial charge >= 0.3 is 5.97 Å². The molecule has 1 aromatic heterocycles. The van der Waals surface area contributed by atoms with Gasteiger partial charge in [-0.25, -0.2) is 0 Å². The minimum Gasteiger partial charge on any atom is -0.480 e. The van der Waals surface area contributed by atoms with Crippen LogP contribution in [0.25, 0.3) is 10.9 Å². The number of aromatic nitrogens is 1. The highest BCUT2D eigenvalue weighted by Crippen LogP contribution is 2.23. The van der Waals surface area contributed by atoms with Crippen molar-refractivity contribution < 1.29 is 9.90 Å². The van der Waals surface area contributed by atoms with Gasteiger partial charge in [0.1, 0.15) is 6.04 Å². The van der Waals surface area contributed by atoms with Crippen LogP contribution in [0.3, 0.4) is 0 Å². The van der Waals surface area contributed by atoms with E-state index in [1.54, 1.807) is 6.20 Å². The van der Waals surface area contributed by atoms with Crippen LogP contribution < -0.4 is 0 Å². The zero-order valence-electron chi connectivity index (χ0n) is 11.3. The number of likely N-dealkylation sites (tertiary alicyclic amines) is 1. The van der Waals surface area contributed by atoms with Gasteiger partial charge in [-0.05, 0) is 31.0 Å². The van der Waals surface area contributed by atoms with Gasteiger partial charge < -0.3 is 5.11 Å². The van der Waals surface area contributed by atoms with Crippen LogP contribution in [0.2, 0.25) is 0 Å². The lowest BCUT2D eigenvalue weighted by Gasteiger charge is -2.33. The van der Waals surface area contributed by atoms with Gasteiger partial charge in [-0.15, -0.1) is 0 Å². The van der Waals surface area contributed by atoms with Gasteiger partial charge in [-0.3, -0.25) is 14.7 Å². The molecule has 0 aliphatic carbocycles. The molecule has 0 amide bonds. The van der Waals surface area contributed by atoms with E-state index in [9.17, 15) is 9.90 Å². The first-order valence-electron chi connectivity index (χ1n) is 7.05. The molecular formula is C16H18N2O2. The summed E-state index contributed by atoms with van der Waals surface area (Å²) in [5, 5.41) is 10.4. The number of rotatable bonds is 3. The molecule has 2 heterocycles. The third kappa shape index (κ3) is 2.51. The molecule has 1 aliphatic heterocycles. The van der Waals surface area contributed by atoms with E-state index in [0.29, 0.717) is 6.54 Å². The van der Waals surface area contributed by atoms with Crippen LogP contribution in [0, 0.1) is 0 Å². The number of carboxylic acid groups (broad SMARTS) is 1. The predicted molar refractivity (Wildman–Crippen MR) is 77.4 cm³/mol. The smallest absolute Gasteiger partial charge is 0.320 e. The molecule has 0 radical (unpaired) electrons. The number of pyridine rings is 1. The molecule has 0 unspecified atom stereocenters. The molecule has 2 aromatic rings. The Labute approximate surface area is 118 Å². The van der Waals surface area contributed by atoms with Crippen LogP contribution in [0.4, 0.5) is 0 Å². The molecule has 1 N–H and O–H groups in total. The molecule has 104 valence electrons. The summed E-state index contributed by atoms with van der Waals surface area (Å²) >= 11 is 0. The number of carbonyl (C=O) groups is 1. The molecule has 1 aliphatic rings. The Morgan fingerprint density at radius 2 is 2.15 bits per heavy atom. The molecule has 4 heteroatoms. The predicted octanol–water partition coefficient (Wildman–Crippen LogP) is 2.67. The molecule has 1 fully saturated rings. The Morgan fingerprint density at radius 1 is 1.30 bits per heavy atom. The van der Waals surface area contributed by atoms with Crippen molar-refractivity contribution in [2.24, 2.45) is 0 Å². The van der Waals surface area contributed by atoms with Gasteiger partial charge in [0.05, 0.1) is 5.52 Å². The van der Waals surface area contributed by atoms with Crippen molar-refractivity contribution in [3.63, 3.8) is 0 Å². The number of fused-ring (bicyclic) bond motifs is 1. The fraction of sp³-hybridized carbons (Fsp3) is 0.375. The lowest BCUT2D eigenvalue weighted by atomic mass is 10.0. The molecule has 0 saturated carbocycles. The van der Waals surface area contributed by atoms with Crippen molar-refractivity contribution in [1.82, 2.24) is 9.88 Å². The standard InChI is InChI=1S/C16H18N2O2/c19-16(20)14-8-1-2-10-18(14)11-13-6-3-5-12-7-4-9-17-15(12)13/h3-7,9,14H,1-2,8,10-11H2,(H,19,20)/t14-/m0/s1. The summed E-state index contributed by atoms with van der Waals surface area (Å²) in [6.07, 6.45) is 4.60. The number of aliphatic carboxylic acids is 1. The normalized spacial score (nSPS) is 20.1. The first-order valence-corrected chi connectivity index (χ1v) is 7.05. The maximum atomic E-state index is 11.4. The van der Waals surface area contributed by atoms with E-state index in [1.165, 1.54) is 0 Å². The lowest BCUT2D eigenvalue weighted by molar-refractivity contribution is -0.144. The van der Waals surface area contributed by atoms with E-state index in [2.05, 4.69) is 9.88 Å². The van der Waals surface area contributed by atoms with E-state index < -0.39 is 5.97 Å². The Hall–Kier alpha value is -1.94. The second-order valence-corrected chi connectivity index (χ2v) is 5.31. The van der Waals surface area contributed by atoms with Crippen molar-refractivity contribution in [3.8, 4) is 0 Å². The molecular weight excluding hydrogens is 252 g/mol. The maximum absolute atomic E-state index is 11.4. The summed E-state index contributed by atoms with van der Waals surface area (Å²) in [4.78, 5) is 17.9. The van der Waals surface area contributed by atoms with Crippen molar-refractivity contribution in [3.05, 3.63) is 42.1 Å². The van der Waals surface area contributed by atoms with E-state index in [0.717, 1.165) is 42.3 Å².